The van der Waals surface area contributed by atoms with Crippen molar-refractivity contribution < 1.29 is 9.90 Å². The number of hydrogen-bond acceptors (Lipinski definition) is 2. The minimum absolute atomic E-state index is 0.0531. The first-order chi connectivity index (χ1) is 9.81. The molecule has 1 atom stereocenters. The fraction of sp³-hybridized carbons (Fsp3) is 0.588. The molecule has 1 amide bonds. The maximum Gasteiger partial charge on any atom is 0.223 e. The number of aliphatic hydroxyl groups excluding tert-OH is 1. The van der Waals surface area contributed by atoms with Gasteiger partial charge in [0.1, 0.15) is 0 Å². The normalized spacial score (nSPS) is 18.9. The van der Waals surface area contributed by atoms with E-state index in [0.717, 1.165) is 31.2 Å². The van der Waals surface area contributed by atoms with Crippen LogP contribution in [-0.4, -0.2) is 17.6 Å². The third kappa shape index (κ3) is 4.34. The largest absolute Gasteiger partial charge is 0.394 e. The monoisotopic (exact) mass is 275 g/mol. The molecule has 1 aliphatic rings. The highest BCUT2D eigenvalue weighted by atomic mass is 16.3. The smallest absolute Gasteiger partial charge is 0.223 e. The summed E-state index contributed by atoms with van der Waals surface area (Å²) in [7, 11) is 0. The molecule has 3 heteroatoms. The van der Waals surface area contributed by atoms with Crippen molar-refractivity contribution in [2.45, 2.75) is 51.0 Å². The van der Waals surface area contributed by atoms with Crippen molar-refractivity contribution in [3.63, 3.8) is 0 Å². The van der Waals surface area contributed by atoms with Crippen LogP contribution < -0.4 is 5.32 Å². The van der Waals surface area contributed by atoms with Gasteiger partial charge in [-0.2, -0.15) is 0 Å². The Kier molecular flexibility index (Phi) is 6.06. The van der Waals surface area contributed by atoms with Crippen LogP contribution in [0.2, 0.25) is 0 Å². The lowest BCUT2D eigenvalue weighted by atomic mass is 9.90. The van der Waals surface area contributed by atoms with E-state index in [1.165, 1.54) is 19.3 Å². The Morgan fingerprint density at radius 1 is 1.10 bits per heavy atom. The number of aliphatic hydroxyl groups is 1. The number of nitrogens with one attached hydrogen (secondary N) is 1. The van der Waals surface area contributed by atoms with Crippen LogP contribution >= 0.6 is 0 Å². The maximum absolute atomic E-state index is 12.4. The fourth-order valence-electron chi connectivity index (χ4n) is 2.93. The van der Waals surface area contributed by atoms with Gasteiger partial charge in [-0.05, 0) is 18.4 Å². The summed E-state index contributed by atoms with van der Waals surface area (Å²) < 4.78 is 0. The van der Waals surface area contributed by atoms with Gasteiger partial charge in [-0.25, -0.2) is 0 Å². The van der Waals surface area contributed by atoms with Gasteiger partial charge < -0.3 is 10.4 Å². The first-order valence-electron chi connectivity index (χ1n) is 7.77. The zero-order chi connectivity index (χ0) is 14.2. The molecule has 1 fully saturated rings. The van der Waals surface area contributed by atoms with E-state index in [0.29, 0.717) is 0 Å². The maximum atomic E-state index is 12.4. The van der Waals surface area contributed by atoms with Gasteiger partial charge in [0, 0.05) is 5.92 Å². The third-order valence-corrected chi connectivity index (χ3v) is 4.18. The van der Waals surface area contributed by atoms with E-state index in [9.17, 15) is 9.90 Å². The lowest BCUT2D eigenvalue weighted by Crippen LogP contribution is -2.36. The topological polar surface area (TPSA) is 49.3 Å². The second-order valence-corrected chi connectivity index (χ2v) is 5.70. The van der Waals surface area contributed by atoms with Crippen LogP contribution in [0.25, 0.3) is 0 Å². The minimum atomic E-state index is -0.283. The summed E-state index contributed by atoms with van der Waals surface area (Å²) in [4.78, 5) is 12.4. The van der Waals surface area contributed by atoms with Crippen molar-refractivity contribution in [3.05, 3.63) is 35.9 Å². The quantitative estimate of drug-likeness (QED) is 0.886. The summed E-state index contributed by atoms with van der Waals surface area (Å²) in [5.41, 5.74) is 0.967. The van der Waals surface area contributed by atoms with Gasteiger partial charge in [0.2, 0.25) is 5.91 Å². The van der Waals surface area contributed by atoms with E-state index >= 15 is 0 Å². The van der Waals surface area contributed by atoms with E-state index in [4.69, 9.17) is 0 Å². The van der Waals surface area contributed by atoms with E-state index in [1.54, 1.807) is 0 Å². The zero-order valence-corrected chi connectivity index (χ0v) is 12.1. The van der Waals surface area contributed by atoms with E-state index in [1.807, 2.05) is 30.3 Å². The van der Waals surface area contributed by atoms with Crippen molar-refractivity contribution in [2.24, 2.45) is 5.92 Å². The molecule has 1 saturated carbocycles. The van der Waals surface area contributed by atoms with E-state index < -0.39 is 0 Å². The number of rotatable bonds is 4. The summed E-state index contributed by atoms with van der Waals surface area (Å²) in [5, 5.41) is 12.5. The number of hydrogen-bond donors (Lipinski definition) is 2. The summed E-state index contributed by atoms with van der Waals surface area (Å²) >= 11 is 0. The Bertz CT molecular complexity index is 397. The van der Waals surface area contributed by atoms with Gasteiger partial charge in [-0.1, -0.05) is 62.4 Å². The summed E-state index contributed by atoms with van der Waals surface area (Å²) in [5.74, 6) is 0.225. The lowest BCUT2D eigenvalue weighted by Gasteiger charge is -2.23. The molecule has 0 aromatic heterocycles. The molecule has 0 saturated heterocycles. The van der Waals surface area contributed by atoms with Crippen molar-refractivity contribution in [3.8, 4) is 0 Å². The van der Waals surface area contributed by atoms with Crippen LogP contribution in [0.5, 0.6) is 0 Å². The Morgan fingerprint density at radius 3 is 2.30 bits per heavy atom. The second kappa shape index (κ2) is 8.05. The standard InChI is InChI=1S/C17H25NO2/c19-13-16(14-9-7-4-8-10-14)18-17(20)15-11-5-2-1-3-6-12-15/h4,7-10,15-16,19H,1-3,5-6,11-13H2,(H,18,20)/t16-/m1/s1. The molecule has 1 aliphatic carbocycles. The highest BCUT2D eigenvalue weighted by Crippen LogP contribution is 2.23. The molecule has 0 spiro atoms. The van der Waals surface area contributed by atoms with Gasteiger partial charge >= 0.3 is 0 Å². The second-order valence-electron chi connectivity index (χ2n) is 5.70. The number of carbonyl (C=O) groups excluding carboxylic acids is 1. The van der Waals surface area contributed by atoms with E-state index in [2.05, 4.69) is 5.32 Å². The molecule has 1 aromatic rings. The number of amides is 1. The molecule has 0 bridgehead atoms. The van der Waals surface area contributed by atoms with Gasteiger partial charge in [-0.3, -0.25) is 4.79 Å². The van der Waals surface area contributed by atoms with Crippen LogP contribution in [0.3, 0.4) is 0 Å². The Morgan fingerprint density at radius 2 is 1.70 bits per heavy atom. The molecule has 1 aromatic carbocycles. The highest BCUT2D eigenvalue weighted by molar-refractivity contribution is 5.79. The molecule has 0 heterocycles. The molecular weight excluding hydrogens is 250 g/mol. The molecule has 20 heavy (non-hydrogen) atoms. The molecule has 0 radical (unpaired) electrons. The zero-order valence-electron chi connectivity index (χ0n) is 12.1. The molecular formula is C17H25NO2. The summed E-state index contributed by atoms with van der Waals surface area (Å²) in [6, 6.07) is 9.40. The third-order valence-electron chi connectivity index (χ3n) is 4.18. The molecule has 0 unspecified atom stereocenters. The Balaban J connectivity index is 1.94. The number of carbonyl (C=O) groups is 1. The van der Waals surface area contributed by atoms with Crippen LogP contribution in [0.15, 0.2) is 30.3 Å². The molecule has 2 rings (SSSR count). The predicted molar refractivity (Wildman–Crippen MR) is 80.2 cm³/mol. The van der Waals surface area contributed by atoms with Gasteiger partial charge in [0.25, 0.3) is 0 Å². The van der Waals surface area contributed by atoms with Crippen LogP contribution in [-0.2, 0) is 4.79 Å². The Hall–Kier alpha value is -1.35. The van der Waals surface area contributed by atoms with Crippen LogP contribution in [0.1, 0.15) is 56.6 Å². The van der Waals surface area contributed by atoms with Crippen molar-refractivity contribution in [1.82, 2.24) is 5.32 Å². The number of benzene rings is 1. The minimum Gasteiger partial charge on any atom is -0.394 e. The van der Waals surface area contributed by atoms with Crippen molar-refractivity contribution in [1.29, 1.82) is 0 Å². The molecule has 110 valence electrons. The molecule has 3 nitrogen and oxygen atoms in total. The fourth-order valence-corrected chi connectivity index (χ4v) is 2.93. The first kappa shape index (κ1) is 15.0. The van der Waals surface area contributed by atoms with Crippen molar-refractivity contribution >= 4 is 5.91 Å². The summed E-state index contributed by atoms with van der Waals surface area (Å²) in [6.45, 7) is -0.0531. The SMILES string of the molecule is O=C(N[C@H](CO)c1ccccc1)C1CCCCCCC1. The average molecular weight is 275 g/mol. The predicted octanol–water partition coefficient (Wildman–Crippen LogP) is 3.20. The highest BCUT2D eigenvalue weighted by Gasteiger charge is 2.22. The van der Waals surface area contributed by atoms with Gasteiger partial charge in [0.15, 0.2) is 0 Å². The summed E-state index contributed by atoms with van der Waals surface area (Å²) in [6.07, 6.45) is 8.05. The van der Waals surface area contributed by atoms with Gasteiger partial charge in [0.05, 0.1) is 12.6 Å². The molecule has 2 N–H and O–H groups in total. The Labute approximate surface area is 121 Å². The van der Waals surface area contributed by atoms with Crippen LogP contribution in [0.4, 0.5) is 0 Å². The van der Waals surface area contributed by atoms with Crippen LogP contribution in [0, 0.1) is 5.92 Å². The molecule has 0 aliphatic heterocycles. The van der Waals surface area contributed by atoms with E-state index in [-0.39, 0.29) is 24.5 Å². The van der Waals surface area contributed by atoms with Gasteiger partial charge in [-0.15, -0.1) is 0 Å². The average Bonchev–Trinajstić information content (AvgIpc) is 2.45. The first-order valence-corrected chi connectivity index (χ1v) is 7.77. The van der Waals surface area contributed by atoms with Crippen molar-refractivity contribution in [2.75, 3.05) is 6.61 Å². The lowest BCUT2D eigenvalue weighted by molar-refractivity contribution is -0.126.